The summed E-state index contributed by atoms with van der Waals surface area (Å²) in [6.07, 6.45) is 0.156. The molecule has 0 unspecified atom stereocenters. The Hall–Kier alpha value is -1.36. The van der Waals surface area contributed by atoms with E-state index in [0.29, 0.717) is 5.69 Å². The van der Waals surface area contributed by atoms with Gasteiger partial charge in [0.25, 0.3) is 5.56 Å². The molecule has 6 heteroatoms. The first kappa shape index (κ1) is 9.73. The van der Waals surface area contributed by atoms with Gasteiger partial charge >= 0.3 is 5.97 Å². The Bertz CT molecular complexity index is 374. The first-order valence-electron chi connectivity index (χ1n) is 3.55. The van der Waals surface area contributed by atoms with Gasteiger partial charge in [-0.2, -0.15) is 5.10 Å². The number of aliphatic carboxylic acids is 1. The molecule has 1 rings (SSSR count). The summed E-state index contributed by atoms with van der Waals surface area (Å²) in [6, 6.07) is 1.17. The van der Waals surface area contributed by atoms with E-state index in [4.69, 9.17) is 16.7 Å². The number of halogens is 1. The normalized spacial score (nSPS) is 9.92. The Labute approximate surface area is 78.4 Å². The molecule has 70 valence electrons. The Morgan fingerprint density at radius 3 is 2.92 bits per heavy atom. The van der Waals surface area contributed by atoms with Crippen LogP contribution in [0.2, 0.25) is 5.02 Å². The lowest BCUT2D eigenvalue weighted by atomic mass is 10.2. The molecule has 0 saturated carbocycles. The van der Waals surface area contributed by atoms with Gasteiger partial charge in [0.1, 0.15) is 0 Å². The second-order valence-electron chi connectivity index (χ2n) is 2.42. The number of carbonyl (C=O) groups is 1. The predicted molar refractivity (Wildman–Crippen MR) is 45.8 cm³/mol. The van der Waals surface area contributed by atoms with Crippen LogP contribution in [0.15, 0.2) is 10.9 Å². The van der Waals surface area contributed by atoms with Crippen LogP contribution >= 0.6 is 11.6 Å². The first-order chi connectivity index (χ1) is 6.09. The van der Waals surface area contributed by atoms with E-state index < -0.39 is 11.5 Å². The van der Waals surface area contributed by atoms with Crippen LogP contribution in [0.25, 0.3) is 0 Å². The minimum atomic E-state index is -0.927. The molecular formula is C7H7ClN2O3. The zero-order valence-electron chi connectivity index (χ0n) is 6.58. The summed E-state index contributed by atoms with van der Waals surface area (Å²) < 4.78 is 0. The molecule has 0 spiro atoms. The molecule has 0 amide bonds. The number of hydrogen-bond acceptors (Lipinski definition) is 3. The predicted octanol–water partition coefficient (Wildman–Crippen LogP) is 0.441. The van der Waals surface area contributed by atoms with E-state index in [1.165, 1.54) is 6.07 Å². The molecule has 0 aliphatic rings. The van der Waals surface area contributed by atoms with Gasteiger partial charge in [-0.05, 0) is 0 Å². The fourth-order valence-corrected chi connectivity index (χ4v) is 1.04. The lowest BCUT2D eigenvalue weighted by Crippen LogP contribution is -2.10. The van der Waals surface area contributed by atoms with Crippen LogP contribution in [-0.4, -0.2) is 21.3 Å². The summed E-state index contributed by atoms with van der Waals surface area (Å²) in [4.78, 5) is 20.9. The lowest BCUT2D eigenvalue weighted by molar-refractivity contribution is -0.136. The lowest BCUT2D eigenvalue weighted by Gasteiger charge is -1.98. The van der Waals surface area contributed by atoms with E-state index in [2.05, 4.69) is 10.2 Å². The minimum Gasteiger partial charge on any atom is -0.481 e. The molecule has 13 heavy (non-hydrogen) atoms. The topological polar surface area (TPSA) is 83.0 Å². The van der Waals surface area contributed by atoms with Crippen molar-refractivity contribution in [1.29, 1.82) is 0 Å². The van der Waals surface area contributed by atoms with Crippen molar-refractivity contribution in [3.63, 3.8) is 0 Å². The second-order valence-corrected chi connectivity index (χ2v) is 2.83. The fraction of sp³-hybridized carbons (Fsp3) is 0.286. The van der Waals surface area contributed by atoms with E-state index in [9.17, 15) is 9.59 Å². The van der Waals surface area contributed by atoms with Gasteiger partial charge in [0, 0.05) is 12.5 Å². The summed E-state index contributed by atoms with van der Waals surface area (Å²) >= 11 is 5.64. The van der Waals surface area contributed by atoms with Crippen molar-refractivity contribution in [2.45, 2.75) is 12.8 Å². The van der Waals surface area contributed by atoms with E-state index in [1.54, 1.807) is 0 Å². The Kier molecular flexibility index (Phi) is 3.02. The number of rotatable bonds is 3. The third-order valence-electron chi connectivity index (χ3n) is 1.41. The maximum Gasteiger partial charge on any atom is 0.303 e. The molecule has 1 aromatic rings. The largest absolute Gasteiger partial charge is 0.481 e. The molecule has 1 heterocycles. The van der Waals surface area contributed by atoms with Gasteiger partial charge in [0.2, 0.25) is 0 Å². The van der Waals surface area contributed by atoms with Gasteiger partial charge in [-0.3, -0.25) is 9.59 Å². The molecule has 0 aliphatic heterocycles. The van der Waals surface area contributed by atoms with Crippen molar-refractivity contribution in [1.82, 2.24) is 10.2 Å². The number of nitrogens with one attached hydrogen (secondary N) is 1. The van der Waals surface area contributed by atoms with Gasteiger partial charge in [-0.25, -0.2) is 5.10 Å². The van der Waals surface area contributed by atoms with Crippen molar-refractivity contribution in [2.24, 2.45) is 0 Å². The average molecular weight is 203 g/mol. The number of aromatic nitrogens is 2. The van der Waals surface area contributed by atoms with Gasteiger partial charge in [-0.1, -0.05) is 11.6 Å². The fourth-order valence-electron chi connectivity index (χ4n) is 0.807. The van der Waals surface area contributed by atoms with Crippen LogP contribution in [-0.2, 0) is 11.2 Å². The van der Waals surface area contributed by atoms with Gasteiger partial charge in [0.05, 0.1) is 17.1 Å². The summed E-state index contributed by atoms with van der Waals surface area (Å²) in [5.74, 6) is -0.927. The molecule has 1 aromatic heterocycles. The number of carboxylic acids is 1. The molecule has 0 aromatic carbocycles. The summed E-state index contributed by atoms with van der Waals surface area (Å²) in [5, 5.41) is 14.4. The zero-order chi connectivity index (χ0) is 9.84. The van der Waals surface area contributed by atoms with Crippen molar-refractivity contribution in [3.8, 4) is 0 Å². The Morgan fingerprint density at radius 2 is 2.38 bits per heavy atom. The van der Waals surface area contributed by atoms with Gasteiger partial charge < -0.3 is 5.11 Å². The summed E-state index contributed by atoms with van der Waals surface area (Å²) in [6.45, 7) is 0. The SMILES string of the molecule is O=C(O)CCc1n[nH]c(=O)cc1Cl. The zero-order valence-corrected chi connectivity index (χ0v) is 7.34. The monoisotopic (exact) mass is 202 g/mol. The van der Waals surface area contributed by atoms with Crippen LogP contribution in [0.1, 0.15) is 12.1 Å². The van der Waals surface area contributed by atoms with E-state index in [0.717, 1.165) is 0 Å². The third kappa shape index (κ3) is 2.87. The highest BCUT2D eigenvalue weighted by Crippen LogP contribution is 2.10. The number of carboxylic acid groups (broad SMARTS) is 1. The van der Waals surface area contributed by atoms with Crippen LogP contribution in [0.3, 0.4) is 0 Å². The van der Waals surface area contributed by atoms with Crippen LogP contribution in [0, 0.1) is 0 Å². The quantitative estimate of drug-likeness (QED) is 0.745. The van der Waals surface area contributed by atoms with E-state index in [-0.39, 0.29) is 17.9 Å². The molecule has 0 aliphatic carbocycles. The highest BCUT2D eigenvalue weighted by Gasteiger charge is 2.05. The van der Waals surface area contributed by atoms with Gasteiger partial charge in [-0.15, -0.1) is 0 Å². The number of hydrogen-bond donors (Lipinski definition) is 2. The molecule has 0 bridgehead atoms. The van der Waals surface area contributed by atoms with Crippen molar-refractivity contribution in [3.05, 3.63) is 27.1 Å². The highest BCUT2D eigenvalue weighted by molar-refractivity contribution is 6.31. The number of nitrogens with zero attached hydrogens (tertiary/aromatic N) is 1. The molecule has 5 nitrogen and oxygen atoms in total. The van der Waals surface area contributed by atoms with Crippen molar-refractivity contribution >= 4 is 17.6 Å². The summed E-state index contributed by atoms with van der Waals surface area (Å²) in [5.41, 5.74) is -0.00672. The van der Waals surface area contributed by atoms with Crippen molar-refractivity contribution in [2.75, 3.05) is 0 Å². The van der Waals surface area contributed by atoms with E-state index in [1.807, 2.05) is 0 Å². The molecule has 2 N–H and O–H groups in total. The van der Waals surface area contributed by atoms with Gasteiger partial charge in [0.15, 0.2) is 0 Å². The highest BCUT2D eigenvalue weighted by atomic mass is 35.5. The summed E-state index contributed by atoms with van der Waals surface area (Å²) in [7, 11) is 0. The molecular weight excluding hydrogens is 196 g/mol. The van der Waals surface area contributed by atoms with Crippen LogP contribution in [0.5, 0.6) is 0 Å². The third-order valence-corrected chi connectivity index (χ3v) is 1.74. The smallest absolute Gasteiger partial charge is 0.303 e. The average Bonchev–Trinajstić information content (AvgIpc) is 2.02. The number of H-pyrrole nitrogens is 1. The van der Waals surface area contributed by atoms with Crippen LogP contribution in [0.4, 0.5) is 0 Å². The van der Waals surface area contributed by atoms with Crippen LogP contribution < -0.4 is 5.56 Å². The molecule has 0 fully saturated rings. The van der Waals surface area contributed by atoms with Crippen molar-refractivity contribution < 1.29 is 9.90 Å². The standard InChI is InChI=1S/C7H7ClN2O3/c8-4-3-6(11)10-9-5(4)1-2-7(12)13/h3H,1-2H2,(H,10,11)(H,12,13). The number of aromatic amines is 1. The Morgan fingerprint density at radius 1 is 1.69 bits per heavy atom. The maximum atomic E-state index is 10.7. The second kappa shape index (κ2) is 4.04. The Balaban J connectivity index is 2.78. The number of aryl methyl sites for hydroxylation is 1. The first-order valence-corrected chi connectivity index (χ1v) is 3.93. The molecule has 0 atom stereocenters. The maximum absolute atomic E-state index is 10.7. The minimum absolute atomic E-state index is 0.0568. The molecule has 0 radical (unpaired) electrons. The van der Waals surface area contributed by atoms with E-state index >= 15 is 0 Å². The molecule has 0 saturated heterocycles.